The summed E-state index contributed by atoms with van der Waals surface area (Å²) in [6, 6.07) is 56.3. The van der Waals surface area contributed by atoms with E-state index in [4.69, 9.17) is 11.3 Å². The predicted molar refractivity (Wildman–Crippen MR) is 434 cm³/mol. The van der Waals surface area contributed by atoms with Gasteiger partial charge >= 0.3 is 6.18 Å². The van der Waals surface area contributed by atoms with Gasteiger partial charge in [-0.3, -0.25) is 43.0 Å². The Morgan fingerprint density at radius 1 is 0.430 bits per heavy atom. The zero-order valence-electron chi connectivity index (χ0n) is 63.2. The van der Waals surface area contributed by atoms with Gasteiger partial charge in [-0.1, -0.05) is 109 Å². The van der Waals surface area contributed by atoms with E-state index in [0.717, 1.165) is 68.1 Å². The molecule has 23 nitrogen and oxygen atoms in total. The molecule has 0 saturated heterocycles. The van der Waals surface area contributed by atoms with Crippen LogP contribution in [0.15, 0.2) is 246 Å². The molecule has 9 heterocycles. The number of nitrogens with zero attached hydrogens (tertiary/aromatic N) is 16. The molecule has 9 aromatic heterocycles. The topological polar surface area (TPSA) is 292 Å². The lowest BCUT2D eigenvalue weighted by atomic mass is 9.98. The van der Waals surface area contributed by atoms with Crippen molar-refractivity contribution in [2.75, 3.05) is 16.0 Å². The van der Waals surface area contributed by atoms with Gasteiger partial charge in [-0.2, -0.15) is 23.7 Å². The van der Waals surface area contributed by atoms with Crippen molar-refractivity contribution >= 4 is 55.5 Å². The van der Waals surface area contributed by atoms with E-state index in [1.807, 2.05) is 169 Å². The van der Waals surface area contributed by atoms with Crippen LogP contribution in [-0.2, 0) is 6.18 Å². The fourth-order valence-electron chi connectivity index (χ4n) is 13.3. The number of hydrogen-bond donors (Lipinski definition) is 3. The molecule has 0 unspecified atom stereocenters. The van der Waals surface area contributed by atoms with Crippen LogP contribution in [0.25, 0.3) is 87.6 Å². The van der Waals surface area contributed by atoms with E-state index in [0.29, 0.717) is 90.9 Å². The molecule has 3 N–H and O–H groups in total. The maximum absolute atomic E-state index is 14.3. The van der Waals surface area contributed by atoms with Gasteiger partial charge in [0.15, 0.2) is 0 Å². The third-order valence-corrected chi connectivity index (χ3v) is 18.6. The number of aryl methyl sites for hydroxylation is 4. The highest BCUT2D eigenvalue weighted by molar-refractivity contribution is 5.99. The van der Waals surface area contributed by atoms with Gasteiger partial charge in [-0.05, 0) is 162 Å². The Bertz CT molecular complexity index is 6460. The highest BCUT2D eigenvalue weighted by Gasteiger charge is 2.32. The summed E-state index contributed by atoms with van der Waals surface area (Å²) < 4.78 is 51.1. The molecule has 114 heavy (non-hydrogen) atoms. The Balaban J connectivity index is 0.000000149. The van der Waals surface area contributed by atoms with Crippen molar-refractivity contribution in [2.24, 2.45) is 0 Å². The number of ether oxygens (including phenoxy) is 1. The van der Waals surface area contributed by atoms with Crippen LogP contribution in [0.4, 0.5) is 36.3 Å². The number of hydrogen-bond acceptors (Lipinski definition) is 19. The van der Waals surface area contributed by atoms with E-state index in [-0.39, 0.29) is 45.8 Å². The lowest BCUT2D eigenvalue weighted by Gasteiger charge is -2.22. The van der Waals surface area contributed by atoms with Crippen LogP contribution >= 0.6 is 0 Å². The maximum atomic E-state index is 14.3. The van der Waals surface area contributed by atoms with Crippen LogP contribution in [-0.4, -0.2) is 69.6 Å². The van der Waals surface area contributed by atoms with Gasteiger partial charge < -0.3 is 20.7 Å². The van der Waals surface area contributed by atoms with Gasteiger partial charge in [0.2, 0.25) is 5.69 Å². The highest BCUT2D eigenvalue weighted by Crippen LogP contribution is 2.38. The smallest absolute Gasteiger partial charge is 0.417 e. The van der Waals surface area contributed by atoms with Crippen molar-refractivity contribution in [3.63, 3.8) is 0 Å². The molecule has 0 aliphatic carbocycles. The molecule has 0 amide bonds. The molecule has 6 aromatic carbocycles. The quantitative estimate of drug-likeness (QED) is 0.0714. The van der Waals surface area contributed by atoms with Crippen molar-refractivity contribution in [1.29, 1.82) is 10.5 Å². The summed E-state index contributed by atoms with van der Waals surface area (Å²) in [4.78, 5) is 88.5. The monoisotopic (exact) mass is 1520 g/mol. The summed E-state index contributed by atoms with van der Waals surface area (Å²) in [5.41, 5.74) is 7.02. The lowest BCUT2D eigenvalue weighted by molar-refractivity contribution is -0.137. The van der Waals surface area contributed by atoms with E-state index in [1.54, 1.807) is 97.2 Å². The Labute approximate surface area is 652 Å². The molecule has 0 fully saturated rings. The molecule has 15 aromatic rings. The molecule has 564 valence electrons. The van der Waals surface area contributed by atoms with E-state index < -0.39 is 23.3 Å². The third kappa shape index (κ3) is 16.6. The van der Waals surface area contributed by atoms with Crippen molar-refractivity contribution in [3.05, 3.63) is 331 Å². The number of nitriles is 2. The second kappa shape index (κ2) is 33.5. The van der Waals surface area contributed by atoms with Crippen molar-refractivity contribution < 1.29 is 17.9 Å². The number of pyridine rings is 5. The van der Waals surface area contributed by atoms with Crippen molar-refractivity contribution in [1.82, 2.24) is 63.5 Å². The normalized spacial score (nSPS) is 11.9. The van der Waals surface area contributed by atoms with Crippen LogP contribution in [0, 0.1) is 56.9 Å². The maximum Gasteiger partial charge on any atom is 0.417 e. The molecular formula is C88H72F3N19O4. The lowest BCUT2D eigenvalue weighted by Crippen LogP contribution is -2.26. The Kier molecular flexibility index (Phi) is 22.7. The fourth-order valence-corrected chi connectivity index (χ4v) is 13.3. The largest absolute Gasteiger partial charge is 0.489 e. The highest BCUT2D eigenvalue weighted by atomic mass is 19.4. The number of fused-ring (bicyclic) bond motifs is 3. The minimum Gasteiger partial charge on any atom is -0.489 e. The second-order valence-electron chi connectivity index (χ2n) is 26.9. The van der Waals surface area contributed by atoms with Gasteiger partial charge in [0.05, 0.1) is 71.1 Å². The number of alkyl halides is 3. The Hall–Kier alpha value is -15.0. The fraction of sp³-hybridized carbons (Fsp3) is 0.159. The standard InChI is InChI=1S/C31H28N6O2.C29H21F3N6O.C28H23N7O/c1-19(2)39-26-13-23(16-33-18-26)27-12-8-9-22-14-28(20(3)35-30-24(15-32)17-34-21(4)36-30)37(31(38)29(22)27)25-10-6-5-7-11-25;1-17(36-27-21(13-33)15-35-18(2)37-27)25-12-19-7-6-10-24(20-11-22(16-34-14-20)29(30,31)32)26(19)28(39)38(25)23-8-4-3-5-9-23;1-17(33-27-24(29-4)16-32-19(3)34-27)25-13-20-9-8-12-23(21-14-30-18(2)31-15-21)26(20)28(36)35(25)22-10-6-5-7-11-22/h5-14,16-20H,1-4H3,(H,34,35,36);3-12,14-17H,1-2H3,(H,35,36,37);5-17H,1-3H3,(H,32,33,34)/t20-;2*17-/m000/s1. The minimum absolute atomic E-state index is 0.00152. The van der Waals surface area contributed by atoms with Gasteiger partial charge in [0.25, 0.3) is 16.7 Å². The van der Waals surface area contributed by atoms with Gasteiger partial charge in [0, 0.05) is 88.0 Å². The SMILES string of the molecule is Cc1ncc(C#N)c(N[C@@H](C)c2cc3cccc(-c4cncc(C(F)(F)F)c4)c3c(=O)n2-c2ccccc2)n1.Cc1ncc(C#N)c(N[C@@H](C)c2cc3cccc(-c4cncc(OC(C)C)c4)c3c(=O)n2-c2ccccc2)n1.[C-]#[N+]c1cnc(C)nc1N[C@@H](C)c1cc2cccc(-c3cnc(C)nc3)c2c(=O)n1-c1ccccc1. The molecule has 0 spiro atoms. The number of para-hydroxylation sites is 3. The zero-order chi connectivity index (χ0) is 80.5. The van der Waals surface area contributed by atoms with Crippen LogP contribution in [0.3, 0.4) is 0 Å². The number of aromatic nitrogens is 13. The Morgan fingerprint density at radius 3 is 1.19 bits per heavy atom. The summed E-state index contributed by atoms with van der Waals surface area (Å²) in [6.07, 6.45) is 8.83. The first-order valence-corrected chi connectivity index (χ1v) is 36.1. The van der Waals surface area contributed by atoms with Gasteiger partial charge in [0.1, 0.15) is 69.8 Å². The summed E-state index contributed by atoms with van der Waals surface area (Å²) >= 11 is 0. The van der Waals surface area contributed by atoms with Crippen molar-refractivity contribution in [3.8, 4) is 68.3 Å². The van der Waals surface area contributed by atoms with Gasteiger partial charge in [-0.25, -0.2) is 39.7 Å². The first-order valence-electron chi connectivity index (χ1n) is 36.1. The van der Waals surface area contributed by atoms with E-state index in [1.165, 1.54) is 29.4 Å². The number of anilines is 3. The molecule has 26 heteroatoms. The van der Waals surface area contributed by atoms with E-state index in [9.17, 15) is 38.1 Å². The molecule has 3 atom stereocenters. The van der Waals surface area contributed by atoms with E-state index >= 15 is 0 Å². The first kappa shape index (κ1) is 77.2. The van der Waals surface area contributed by atoms with Crippen LogP contribution in [0.5, 0.6) is 5.75 Å². The summed E-state index contributed by atoms with van der Waals surface area (Å²) in [5, 5.41) is 32.6. The number of halogens is 3. The third-order valence-electron chi connectivity index (χ3n) is 18.6. The summed E-state index contributed by atoms with van der Waals surface area (Å²) in [7, 11) is 0. The predicted octanol–water partition coefficient (Wildman–Crippen LogP) is 17.8. The summed E-state index contributed by atoms with van der Waals surface area (Å²) in [6.45, 7) is 24.2. The second-order valence-corrected chi connectivity index (χ2v) is 26.9. The molecule has 0 bridgehead atoms. The first-order chi connectivity index (χ1) is 55.0. The van der Waals surface area contributed by atoms with Crippen LogP contribution in [0.2, 0.25) is 0 Å². The van der Waals surface area contributed by atoms with E-state index in [2.05, 4.69) is 82.8 Å². The average Bonchev–Trinajstić information content (AvgIpc) is 0.757. The molecule has 0 saturated carbocycles. The number of rotatable bonds is 17. The Morgan fingerprint density at radius 2 is 0.798 bits per heavy atom. The van der Waals surface area contributed by atoms with Crippen LogP contribution in [0.1, 0.15) is 110 Å². The molecule has 0 aliphatic heterocycles. The van der Waals surface area contributed by atoms with Crippen LogP contribution < -0.4 is 37.4 Å². The number of nitrogens with one attached hydrogen (secondary N) is 3. The average molecular weight is 1520 g/mol. The van der Waals surface area contributed by atoms with Gasteiger partial charge in [-0.15, -0.1) is 0 Å². The molecule has 15 rings (SSSR count). The molecular weight excluding hydrogens is 1440 g/mol. The molecule has 0 aliphatic rings. The minimum atomic E-state index is -4.58. The zero-order valence-corrected chi connectivity index (χ0v) is 63.2. The molecule has 0 radical (unpaired) electrons. The van der Waals surface area contributed by atoms with Crippen molar-refractivity contribution in [2.45, 2.75) is 92.7 Å². The number of benzene rings is 6. The summed E-state index contributed by atoms with van der Waals surface area (Å²) in [5.74, 6) is 4.07.